The van der Waals surface area contributed by atoms with Crippen molar-refractivity contribution in [1.82, 2.24) is 20.7 Å². The molecule has 38 heavy (non-hydrogen) atoms. The zero-order chi connectivity index (χ0) is 26.5. The number of rotatable bonds is 7. The molecule has 0 saturated carbocycles. The first-order chi connectivity index (χ1) is 18.5. The number of amides is 3. The number of benzene rings is 2. The minimum absolute atomic E-state index is 0.00860. The average molecular weight is 521 g/mol. The molecule has 3 fully saturated rings. The van der Waals surface area contributed by atoms with Gasteiger partial charge in [-0.3, -0.25) is 24.2 Å². The monoisotopic (exact) mass is 520 g/mol. The van der Waals surface area contributed by atoms with Gasteiger partial charge in [0.05, 0.1) is 13.0 Å². The lowest BCUT2D eigenvalue weighted by molar-refractivity contribution is -0.171. The van der Waals surface area contributed by atoms with Crippen LogP contribution < -0.4 is 10.6 Å². The summed E-state index contributed by atoms with van der Waals surface area (Å²) < 4.78 is 11.1. The number of carbonyl (C=O) groups is 4. The second kappa shape index (κ2) is 11.7. The maximum Gasteiger partial charge on any atom is 0.310 e. The highest BCUT2D eigenvalue weighted by molar-refractivity contribution is 5.98. The van der Waals surface area contributed by atoms with Gasteiger partial charge in [-0.15, -0.1) is 0 Å². The summed E-state index contributed by atoms with van der Waals surface area (Å²) in [6.07, 6.45) is 1.49. The lowest BCUT2D eigenvalue weighted by Gasteiger charge is -2.43. The minimum atomic E-state index is -0.913. The van der Waals surface area contributed by atoms with Crippen molar-refractivity contribution in [1.29, 1.82) is 0 Å². The van der Waals surface area contributed by atoms with Gasteiger partial charge in [0.1, 0.15) is 18.1 Å². The van der Waals surface area contributed by atoms with Crippen LogP contribution in [0.15, 0.2) is 60.7 Å². The molecule has 3 heterocycles. The highest BCUT2D eigenvalue weighted by atomic mass is 16.7. The van der Waals surface area contributed by atoms with Crippen molar-refractivity contribution in [3.05, 3.63) is 71.8 Å². The lowest BCUT2D eigenvalue weighted by Crippen LogP contribution is -2.63. The van der Waals surface area contributed by atoms with Crippen LogP contribution in [0, 0.1) is 0 Å². The van der Waals surface area contributed by atoms with Crippen molar-refractivity contribution in [3.63, 3.8) is 0 Å². The van der Waals surface area contributed by atoms with E-state index in [9.17, 15) is 19.2 Å². The molecule has 200 valence electrons. The number of hydrazine groups is 1. The van der Waals surface area contributed by atoms with Crippen LogP contribution >= 0.6 is 0 Å². The number of carbonyl (C=O) groups excluding carboxylic acids is 4. The topological polar surface area (TPSA) is 117 Å². The van der Waals surface area contributed by atoms with Gasteiger partial charge in [0, 0.05) is 18.7 Å². The molecule has 10 nitrogen and oxygen atoms in total. The second-order valence-corrected chi connectivity index (χ2v) is 9.80. The number of esters is 1. The van der Waals surface area contributed by atoms with Gasteiger partial charge in [0.25, 0.3) is 11.8 Å². The normalized spacial score (nSPS) is 25.7. The van der Waals surface area contributed by atoms with E-state index >= 15 is 0 Å². The molecule has 3 amide bonds. The molecule has 5 rings (SSSR count). The van der Waals surface area contributed by atoms with Crippen molar-refractivity contribution < 1.29 is 28.7 Å². The van der Waals surface area contributed by atoms with E-state index in [1.807, 2.05) is 41.4 Å². The third-order valence-corrected chi connectivity index (χ3v) is 7.12. The van der Waals surface area contributed by atoms with E-state index in [0.717, 1.165) is 12.0 Å². The number of hydrogen-bond donors (Lipinski definition) is 2. The molecular weight excluding hydrogens is 488 g/mol. The molecule has 2 N–H and O–H groups in total. The summed E-state index contributed by atoms with van der Waals surface area (Å²) in [7, 11) is 0. The van der Waals surface area contributed by atoms with Gasteiger partial charge >= 0.3 is 5.97 Å². The van der Waals surface area contributed by atoms with Crippen molar-refractivity contribution >= 4 is 23.7 Å². The minimum Gasteiger partial charge on any atom is -0.433 e. The van der Waals surface area contributed by atoms with Crippen LogP contribution in [-0.2, 0) is 30.5 Å². The molecule has 4 atom stereocenters. The van der Waals surface area contributed by atoms with Gasteiger partial charge in [-0.1, -0.05) is 48.5 Å². The fourth-order valence-corrected chi connectivity index (χ4v) is 5.21. The Hall–Kier alpha value is -3.76. The number of nitrogens with zero attached hydrogens (tertiary/aromatic N) is 2. The SMILES string of the molecule is O=C1C[C@H](NC(=O)[C@@H]2CCCN3CCCC(NC(=O)c4ccccc4)C(=O)N23)C(OCc2ccccc2)O1. The standard InChI is InChI=1S/C28H32N4O6/c33-24-17-22(28(38-24)37-18-19-9-3-1-4-10-19)30-26(35)23-14-8-16-31-15-7-13-21(27(36)32(23)31)29-25(34)20-11-5-2-6-12-20/h1-6,9-12,21-23,28H,7-8,13-18H2,(H,29,34)(H,30,35)/t21?,22-,23-,28?/m0/s1. The molecule has 3 saturated heterocycles. The van der Waals surface area contributed by atoms with Crippen molar-refractivity contribution in [2.24, 2.45) is 0 Å². The molecule has 0 spiro atoms. The fourth-order valence-electron chi connectivity index (χ4n) is 5.21. The Labute approximate surface area is 221 Å². The predicted octanol–water partition coefficient (Wildman–Crippen LogP) is 1.76. The zero-order valence-corrected chi connectivity index (χ0v) is 21.1. The first-order valence-corrected chi connectivity index (χ1v) is 13.1. The largest absolute Gasteiger partial charge is 0.433 e. The maximum absolute atomic E-state index is 13.7. The molecular formula is C28H32N4O6. The van der Waals surface area contributed by atoms with Crippen molar-refractivity contribution in [2.45, 2.75) is 63.1 Å². The fraction of sp³-hybridized carbons (Fsp3) is 0.429. The van der Waals surface area contributed by atoms with E-state index in [-0.39, 0.29) is 30.7 Å². The maximum atomic E-state index is 13.7. The smallest absolute Gasteiger partial charge is 0.310 e. The third kappa shape index (κ3) is 5.87. The molecule has 0 bridgehead atoms. The van der Waals surface area contributed by atoms with Gasteiger partial charge in [-0.25, -0.2) is 5.01 Å². The summed E-state index contributed by atoms with van der Waals surface area (Å²) >= 11 is 0. The Kier molecular flexibility index (Phi) is 8.00. The molecule has 0 aliphatic carbocycles. The number of nitrogens with one attached hydrogen (secondary N) is 2. The zero-order valence-electron chi connectivity index (χ0n) is 21.1. The molecule has 3 aliphatic heterocycles. The van der Waals surface area contributed by atoms with Gasteiger partial charge in [0.15, 0.2) is 0 Å². The number of hydrogen-bond acceptors (Lipinski definition) is 7. The van der Waals surface area contributed by atoms with Crippen LogP contribution in [0.4, 0.5) is 0 Å². The van der Waals surface area contributed by atoms with E-state index < -0.39 is 30.4 Å². The Balaban J connectivity index is 1.26. The quantitative estimate of drug-likeness (QED) is 0.535. The van der Waals surface area contributed by atoms with E-state index in [2.05, 4.69) is 10.6 Å². The summed E-state index contributed by atoms with van der Waals surface area (Å²) in [6, 6.07) is 16.1. The molecule has 0 radical (unpaired) electrons. The third-order valence-electron chi connectivity index (χ3n) is 7.12. The van der Waals surface area contributed by atoms with Crippen LogP contribution in [0.25, 0.3) is 0 Å². The first-order valence-electron chi connectivity index (χ1n) is 13.1. The Bertz CT molecular complexity index is 1160. The molecule has 2 aromatic rings. The van der Waals surface area contributed by atoms with Crippen LogP contribution in [0.2, 0.25) is 0 Å². The summed E-state index contributed by atoms with van der Waals surface area (Å²) in [5, 5.41) is 9.19. The number of cyclic esters (lactones) is 1. The molecule has 3 aliphatic rings. The Morgan fingerprint density at radius 2 is 1.61 bits per heavy atom. The van der Waals surface area contributed by atoms with E-state index in [1.54, 1.807) is 24.3 Å². The number of ether oxygens (including phenoxy) is 2. The molecule has 0 aromatic heterocycles. The van der Waals surface area contributed by atoms with Crippen LogP contribution in [0.1, 0.15) is 48.0 Å². The molecule has 2 aromatic carbocycles. The summed E-state index contributed by atoms with van der Waals surface area (Å²) in [4.78, 5) is 52.0. The van der Waals surface area contributed by atoms with E-state index in [0.29, 0.717) is 37.9 Å². The average Bonchev–Trinajstić information content (AvgIpc) is 3.21. The lowest BCUT2D eigenvalue weighted by atomic mass is 10.0. The second-order valence-electron chi connectivity index (χ2n) is 9.80. The van der Waals surface area contributed by atoms with Gasteiger partial charge < -0.3 is 20.1 Å². The van der Waals surface area contributed by atoms with Gasteiger partial charge in [-0.05, 0) is 43.4 Å². The highest BCUT2D eigenvalue weighted by Gasteiger charge is 2.44. The van der Waals surface area contributed by atoms with E-state index in [1.165, 1.54) is 5.01 Å². The van der Waals surface area contributed by atoms with Crippen LogP contribution in [0.3, 0.4) is 0 Å². The van der Waals surface area contributed by atoms with E-state index in [4.69, 9.17) is 9.47 Å². The van der Waals surface area contributed by atoms with Gasteiger partial charge in [0.2, 0.25) is 12.2 Å². The predicted molar refractivity (Wildman–Crippen MR) is 136 cm³/mol. The molecule has 10 heteroatoms. The highest BCUT2D eigenvalue weighted by Crippen LogP contribution is 2.26. The summed E-state index contributed by atoms with van der Waals surface area (Å²) in [6.45, 7) is 1.50. The number of fused-ring (bicyclic) bond motifs is 1. The van der Waals surface area contributed by atoms with Crippen molar-refractivity contribution in [3.8, 4) is 0 Å². The van der Waals surface area contributed by atoms with Crippen molar-refractivity contribution in [2.75, 3.05) is 13.1 Å². The summed E-state index contributed by atoms with van der Waals surface area (Å²) in [5.74, 6) is -1.44. The molecule has 2 unspecified atom stereocenters. The Morgan fingerprint density at radius 1 is 0.921 bits per heavy atom. The van der Waals surface area contributed by atoms with Crippen LogP contribution in [0.5, 0.6) is 0 Å². The van der Waals surface area contributed by atoms with Crippen LogP contribution in [-0.4, -0.2) is 71.2 Å². The van der Waals surface area contributed by atoms with Gasteiger partial charge in [-0.2, -0.15) is 0 Å². The first kappa shape index (κ1) is 25.9. The Morgan fingerprint density at radius 3 is 2.34 bits per heavy atom. The summed E-state index contributed by atoms with van der Waals surface area (Å²) in [5.41, 5.74) is 1.39.